The summed E-state index contributed by atoms with van der Waals surface area (Å²) in [5.74, 6) is -6.65. The van der Waals surface area contributed by atoms with Gasteiger partial charge >= 0.3 is 5.97 Å². The molecule has 2 aliphatic rings. The fourth-order valence-corrected chi connectivity index (χ4v) is 5.04. The number of rotatable bonds is 6. The van der Waals surface area contributed by atoms with Crippen LogP contribution in [0, 0.1) is 17.6 Å². The number of ketones is 2. The average molecular weight is 428 g/mol. The number of carboxylic acid groups (broad SMARTS) is 1. The Kier molecular flexibility index (Phi) is 5.35. The topological polar surface area (TPSA) is 109 Å². The highest BCUT2D eigenvalue weighted by Gasteiger charge is 2.54. The molecule has 0 spiro atoms. The van der Waals surface area contributed by atoms with E-state index in [0.29, 0.717) is 11.6 Å². The number of aliphatic carboxylic acids is 1. The predicted octanol–water partition coefficient (Wildman–Crippen LogP) is 3.27. The lowest BCUT2D eigenvalue weighted by atomic mass is 9.66. The molecule has 0 aromatic heterocycles. The predicted molar refractivity (Wildman–Crippen MR) is 109 cm³/mol. The van der Waals surface area contributed by atoms with Crippen LogP contribution in [0.4, 0.5) is 14.5 Å². The molecule has 0 radical (unpaired) electrons. The zero-order chi connectivity index (χ0) is 22.3. The summed E-state index contributed by atoms with van der Waals surface area (Å²) in [6.07, 6.45) is 1.67. The van der Waals surface area contributed by atoms with E-state index in [0.717, 1.165) is 37.1 Å². The quantitative estimate of drug-likeness (QED) is 0.481. The second kappa shape index (κ2) is 7.85. The molecule has 2 aromatic rings. The van der Waals surface area contributed by atoms with Crippen molar-refractivity contribution < 1.29 is 28.3 Å². The number of carbonyl (C=O) groups excluding carboxylic acids is 2. The summed E-state index contributed by atoms with van der Waals surface area (Å²) in [6.45, 7) is 0. The van der Waals surface area contributed by atoms with Crippen molar-refractivity contribution in [1.82, 2.24) is 0 Å². The second-order valence-corrected chi connectivity index (χ2v) is 8.31. The third-order valence-corrected chi connectivity index (χ3v) is 6.47. The standard InChI is InChI=1S/C23H22F2N2O4/c24-12-8-9-13(16(25)10-12)21(29)19(28)11-23(26,22(30)31)20-14-4-1-2-6-17(14)27-18-7-3-5-15(18)20/h1-2,4,6,8-10,15,18,20,27H,3,5,7,11,26H2,(H,30,31)/t15-,18+,20?,23?/m0/s1. The van der Waals surface area contributed by atoms with Crippen LogP contribution in [0.2, 0.25) is 0 Å². The van der Waals surface area contributed by atoms with Gasteiger partial charge in [-0.3, -0.25) is 14.4 Å². The van der Waals surface area contributed by atoms with E-state index in [-0.39, 0.29) is 12.0 Å². The first-order valence-corrected chi connectivity index (χ1v) is 10.1. The average Bonchev–Trinajstić information content (AvgIpc) is 3.19. The molecule has 8 heteroatoms. The van der Waals surface area contributed by atoms with Gasteiger partial charge in [-0.25, -0.2) is 8.78 Å². The van der Waals surface area contributed by atoms with E-state index in [9.17, 15) is 28.3 Å². The Morgan fingerprint density at radius 3 is 2.58 bits per heavy atom. The minimum absolute atomic E-state index is 0.0162. The molecule has 2 unspecified atom stereocenters. The van der Waals surface area contributed by atoms with Crippen molar-refractivity contribution in [2.75, 3.05) is 5.32 Å². The van der Waals surface area contributed by atoms with E-state index < -0.39 is 52.6 Å². The molecule has 1 fully saturated rings. The number of para-hydroxylation sites is 1. The monoisotopic (exact) mass is 428 g/mol. The Hall–Kier alpha value is -3.13. The molecular weight excluding hydrogens is 406 g/mol. The molecule has 1 saturated carbocycles. The third kappa shape index (κ3) is 3.61. The molecule has 6 nitrogen and oxygen atoms in total. The van der Waals surface area contributed by atoms with Crippen LogP contribution < -0.4 is 11.1 Å². The first-order chi connectivity index (χ1) is 14.7. The number of anilines is 1. The lowest BCUT2D eigenvalue weighted by molar-refractivity contribution is -0.146. The number of carboxylic acids is 1. The molecule has 0 saturated heterocycles. The highest BCUT2D eigenvalue weighted by Crippen LogP contribution is 2.50. The van der Waals surface area contributed by atoms with Gasteiger partial charge in [-0.15, -0.1) is 0 Å². The highest BCUT2D eigenvalue weighted by molar-refractivity contribution is 6.44. The number of hydrogen-bond donors (Lipinski definition) is 3. The summed E-state index contributed by atoms with van der Waals surface area (Å²) >= 11 is 0. The lowest BCUT2D eigenvalue weighted by Crippen LogP contribution is -2.59. The number of Topliss-reactive ketones (excluding diaryl/α,β-unsaturated/α-hetero) is 2. The summed E-state index contributed by atoms with van der Waals surface area (Å²) in [4.78, 5) is 37.7. The van der Waals surface area contributed by atoms with Crippen LogP contribution in [0.1, 0.15) is 47.5 Å². The molecule has 1 aliphatic carbocycles. The maximum absolute atomic E-state index is 14.0. The van der Waals surface area contributed by atoms with Crippen molar-refractivity contribution in [2.24, 2.45) is 11.7 Å². The number of nitrogens with one attached hydrogen (secondary N) is 1. The van der Waals surface area contributed by atoms with Gasteiger partial charge in [0.05, 0.1) is 5.56 Å². The van der Waals surface area contributed by atoms with E-state index in [1.807, 2.05) is 12.1 Å². The highest BCUT2D eigenvalue weighted by atomic mass is 19.1. The molecule has 2 aromatic carbocycles. The molecular formula is C23H22F2N2O4. The zero-order valence-electron chi connectivity index (χ0n) is 16.6. The van der Waals surface area contributed by atoms with Crippen LogP contribution in [0.3, 0.4) is 0 Å². The fraction of sp³-hybridized carbons (Fsp3) is 0.348. The van der Waals surface area contributed by atoms with Crippen LogP contribution in [0.5, 0.6) is 0 Å². The van der Waals surface area contributed by atoms with Crippen LogP contribution in [-0.2, 0) is 9.59 Å². The second-order valence-electron chi connectivity index (χ2n) is 8.31. The largest absolute Gasteiger partial charge is 0.480 e. The molecule has 0 amide bonds. The molecule has 162 valence electrons. The Labute approximate surface area is 177 Å². The van der Waals surface area contributed by atoms with Crippen molar-refractivity contribution in [2.45, 2.75) is 43.2 Å². The Bertz CT molecular complexity index is 1070. The van der Waals surface area contributed by atoms with Crippen molar-refractivity contribution >= 4 is 23.2 Å². The SMILES string of the molecule is NC(CC(=O)C(=O)c1ccc(F)cc1F)(C(=O)O)C1c2ccccc2N[C@@H]2CCC[C@H]12. The van der Waals surface area contributed by atoms with Crippen LogP contribution in [0.25, 0.3) is 0 Å². The van der Waals surface area contributed by atoms with Crippen LogP contribution in [0.15, 0.2) is 42.5 Å². The number of benzene rings is 2. The van der Waals surface area contributed by atoms with E-state index in [2.05, 4.69) is 5.32 Å². The van der Waals surface area contributed by atoms with Crippen LogP contribution >= 0.6 is 0 Å². The van der Waals surface area contributed by atoms with Crippen LogP contribution in [-0.4, -0.2) is 34.2 Å². The first-order valence-electron chi connectivity index (χ1n) is 10.1. The number of hydrogen-bond acceptors (Lipinski definition) is 5. The summed E-state index contributed by atoms with van der Waals surface area (Å²) in [7, 11) is 0. The van der Waals surface area contributed by atoms with Gasteiger partial charge in [0, 0.05) is 30.1 Å². The van der Waals surface area contributed by atoms with Crippen molar-refractivity contribution in [1.29, 1.82) is 0 Å². The van der Waals surface area contributed by atoms with Crippen molar-refractivity contribution in [3.63, 3.8) is 0 Å². The fourth-order valence-electron chi connectivity index (χ4n) is 5.04. The summed E-state index contributed by atoms with van der Waals surface area (Å²) in [5.41, 5.74) is 5.19. The van der Waals surface area contributed by atoms with E-state index >= 15 is 0 Å². The van der Waals surface area contributed by atoms with Gasteiger partial charge in [0.15, 0.2) is 0 Å². The first kappa shape index (κ1) is 21.1. The van der Waals surface area contributed by atoms with Gasteiger partial charge in [-0.1, -0.05) is 24.6 Å². The molecule has 0 bridgehead atoms. The molecule has 1 aliphatic heterocycles. The molecule has 4 rings (SSSR count). The zero-order valence-corrected chi connectivity index (χ0v) is 16.6. The Morgan fingerprint density at radius 2 is 1.87 bits per heavy atom. The molecule has 4 atom stereocenters. The van der Waals surface area contributed by atoms with Gasteiger partial charge in [0.2, 0.25) is 11.6 Å². The summed E-state index contributed by atoms with van der Waals surface area (Å²) in [5, 5.41) is 13.5. The summed E-state index contributed by atoms with van der Waals surface area (Å²) < 4.78 is 27.2. The number of halogens is 2. The van der Waals surface area contributed by atoms with Gasteiger partial charge in [-0.05, 0) is 42.5 Å². The van der Waals surface area contributed by atoms with Gasteiger partial charge in [0.25, 0.3) is 0 Å². The van der Waals surface area contributed by atoms with Gasteiger partial charge < -0.3 is 16.2 Å². The van der Waals surface area contributed by atoms with Gasteiger partial charge in [0.1, 0.15) is 17.2 Å². The maximum Gasteiger partial charge on any atom is 0.324 e. The van der Waals surface area contributed by atoms with Gasteiger partial charge in [-0.2, -0.15) is 0 Å². The molecule has 31 heavy (non-hydrogen) atoms. The van der Waals surface area contributed by atoms with Crippen molar-refractivity contribution in [3.8, 4) is 0 Å². The molecule has 4 N–H and O–H groups in total. The maximum atomic E-state index is 14.0. The minimum Gasteiger partial charge on any atom is -0.480 e. The van der Waals surface area contributed by atoms with E-state index in [1.54, 1.807) is 12.1 Å². The van der Waals surface area contributed by atoms with Crippen molar-refractivity contribution in [3.05, 3.63) is 65.2 Å². The normalized spacial score (nSPS) is 23.8. The van der Waals surface area contributed by atoms with E-state index in [1.165, 1.54) is 0 Å². The number of fused-ring (bicyclic) bond motifs is 2. The van der Waals surface area contributed by atoms with E-state index in [4.69, 9.17) is 5.73 Å². The lowest BCUT2D eigenvalue weighted by Gasteiger charge is -2.44. The number of nitrogens with two attached hydrogens (primary N) is 1. The third-order valence-electron chi connectivity index (χ3n) is 6.47. The number of carbonyl (C=O) groups is 3. The molecule has 1 heterocycles. The minimum atomic E-state index is -2.06. The smallest absolute Gasteiger partial charge is 0.324 e. The Balaban J connectivity index is 1.71. The Morgan fingerprint density at radius 1 is 1.13 bits per heavy atom. The summed E-state index contributed by atoms with van der Waals surface area (Å²) in [6, 6.07) is 9.45.